The molecule has 4 fully saturated rings. The molecule has 5 rings (SSSR count). The number of amides is 1. The number of hydrogen-bond donors (Lipinski definition) is 3. The third-order valence-corrected chi connectivity index (χ3v) is 14.5. The van der Waals surface area contributed by atoms with Crippen LogP contribution in [0.1, 0.15) is 132 Å². The fourth-order valence-corrected chi connectivity index (χ4v) is 11.4. The average Bonchev–Trinajstić information content (AvgIpc) is 2.90. The second kappa shape index (κ2) is 10.5. The molecular formula is C36H60N2O3. The summed E-state index contributed by atoms with van der Waals surface area (Å²) in [5.41, 5.74) is 6.34. The van der Waals surface area contributed by atoms with Gasteiger partial charge in [0, 0.05) is 17.9 Å². The molecule has 0 unspecified atom stereocenters. The largest absolute Gasteiger partial charge is 0.393 e. The minimum atomic E-state index is -0.394. The van der Waals surface area contributed by atoms with Crippen LogP contribution >= 0.6 is 0 Å². The Morgan fingerprint density at radius 2 is 1.61 bits per heavy atom. The number of ketones is 1. The number of nitrogens with one attached hydrogen (secondary N) is 1. The topological polar surface area (TPSA) is 92.4 Å². The van der Waals surface area contributed by atoms with E-state index in [1.54, 1.807) is 0 Å². The summed E-state index contributed by atoms with van der Waals surface area (Å²) in [6.07, 6.45) is 15.1. The van der Waals surface area contributed by atoms with Crippen LogP contribution in [0.4, 0.5) is 0 Å². The smallest absolute Gasteiger partial charge is 0.225 e. The van der Waals surface area contributed by atoms with Crippen LogP contribution in [0.15, 0.2) is 11.6 Å². The molecule has 0 bridgehead atoms. The molecule has 0 aromatic heterocycles. The molecule has 232 valence electrons. The lowest BCUT2D eigenvalue weighted by Gasteiger charge is -2.70. The molecule has 0 heterocycles. The molecule has 0 saturated heterocycles. The van der Waals surface area contributed by atoms with Gasteiger partial charge in [0.1, 0.15) is 0 Å². The van der Waals surface area contributed by atoms with E-state index in [2.05, 4.69) is 59.9 Å². The number of nitrogens with two attached hydrogens (primary N) is 1. The van der Waals surface area contributed by atoms with Crippen molar-refractivity contribution in [1.82, 2.24) is 5.32 Å². The molecule has 5 aliphatic rings. The minimum absolute atomic E-state index is 0.00354. The Morgan fingerprint density at radius 1 is 0.927 bits per heavy atom. The Morgan fingerprint density at radius 3 is 2.32 bits per heavy atom. The monoisotopic (exact) mass is 568 g/mol. The van der Waals surface area contributed by atoms with Gasteiger partial charge in [-0.3, -0.25) is 9.59 Å². The first-order chi connectivity index (χ1) is 19.1. The first kappa shape index (κ1) is 31.2. The summed E-state index contributed by atoms with van der Waals surface area (Å²) < 4.78 is 0. The molecule has 41 heavy (non-hydrogen) atoms. The fourth-order valence-electron chi connectivity index (χ4n) is 11.4. The predicted molar refractivity (Wildman–Crippen MR) is 166 cm³/mol. The number of aliphatic hydroxyl groups is 1. The summed E-state index contributed by atoms with van der Waals surface area (Å²) in [5.74, 6) is 1.15. The third-order valence-electron chi connectivity index (χ3n) is 14.5. The van der Waals surface area contributed by atoms with Crippen LogP contribution in [-0.2, 0) is 9.59 Å². The molecule has 5 heteroatoms. The van der Waals surface area contributed by atoms with Crippen LogP contribution in [0.3, 0.4) is 0 Å². The van der Waals surface area contributed by atoms with Gasteiger partial charge in [-0.1, -0.05) is 66.9 Å². The molecule has 1 amide bonds. The van der Waals surface area contributed by atoms with Gasteiger partial charge >= 0.3 is 0 Å². The van der Waals surface area contributed by atoms with Crippen LogP contribution in [0, 0.1) is 50.2 Å². The summed E-state index contributed by atoms with van der Waals surface area (Å²) in [6.45, 7) is 17.9. The van der Waals surface area contributed by atoms with E-state index in [0.717, 1.165) is 90.1 Å². The highest BCUT2D eigenvalue weighted by Gasteiger charge is 2.70. The van der Waals surface area contributed by atoms with Crippen LogP contribution in [0.25, 0.3) is 0 Å². The van der Waals surface area contributed by atoms with Crippen LogP contribution in [0.2, 0.25) is 0 Å². The van der Waals surface area contributed by atoms with E-state index in [4.69, 9.17) is 5.73 Å². The Hall–Kier alpha value is -1.20. The quantitative estimate of drug-likeness (QED) is 0.289. The molecule has 0 aromatic carbocycles. The van der Waals surface area contributed by atoms with E-state index in [1.807, 2.05) is 0 Å². The van der Waals surface area contributed by atoms with E-state index < -0.39 is 5.41 Å². The van der Waals surface area contributed by atoms with Gasteiger partial charge in [0.15, 0.2) is 5.78 Å². The van der Waals surface area contributed by atoms with Gasteiger partial charge in [0.25, 0.3) is 0 Å². The molecule has 0 spiro atoms. The summed E-state index contributed by atoms with van der Waals surface area (Å²) in [4.78, 5) is 28.1. The van der Waals surface area contributed by atoms with Gasteiger partial charge in [-0.2, -0.15) is 0 Å². The van der Waals surface area contributed by atoms with Gasteiger partial charge < -0.3 is 16.2 Å². The summed E-state index contributed by atoms with van der Waals surface area (Å²) >= 11 is 0. The van der Waals surface area contributed by atoms with Gasteiger partial charge in [0.2, 0.25) is 5.91 Å². The van der Waals surface area contributed by atoms with E-state index in [1.165, 1.54) is 12.0 Å². The number of fused-ring (bicyclic) bond motifs is 7. The van der Waals surface area contributed by atoms with Crippen LogP contribution in [-0.4, -0.2) is 36.0 Å². The zero-order valence-corrected chi connectivity index (χ0v) is 27.3. The molecule has 5 aliphatic carbocycles. The predicted octanol–water partition coefficient (Wildman–Crippen LogP) is 6.96. The van der Waals surface area contributed by atoms with Crippen LogP contribution in [0.5, 0.6) is 0 Å². The molecule has 4 saturated carbocycles. The van der Waals surface area contributed by atoms with E-state index >= 15 is 0 Å². The molecule has 5 nitrogen and oxygen atoms in total. The number of unbranched alkanes of at least 4 members (excludes halogenated alkanes) is 3. The highest BCUT2D eigenvalue weighted by Crippen LogP contribution is 2.75. The van der Waals surface area contributed by atoms with Gasteiger partial charge in [-0.05, 0) is 122 Å². The molecule has 0 radical (unpaired) electrons. The third kappa shape index (κ3) is 4.61. The fraction of sp³-hybridized carbons (Fsp3) is 0.889. The first-order valence-electron chi connectivity index (χ1n) is 17.0. The minimum Gasteiger partial charge on any atom is -0.393 e. The highest BCUT2D eigenvalue weighted by atomic mass is 16.3. The average molecular weight is 569 g/mol. The standard InChI is InChI=1S/C36H60N2O3/c1-31(2)27-12-15-36(7)29(34(27,5)14-13-28(31)40)26(39)22-24-25-23-33(4,30(41)38-21-11-9-8-10-20-37)17-16-32(25,3)18-19-35(24,36)6/h22,25,27-29,40H,8-21,23,37H2,1-7H3,(H,38,41)/t25-,27-,28-,29+,32+,33-,34-,35+,36+/m0/s1. The lowest BCUT2D eigenvalue weighted by molar-refractivity contribution is -0.202. The number of hydrogen-bond acceptors (Lipinski definition) is 4. The number of carbonyl (C=O) groups excluding carboxylic acids is 2. The van der Waals surface area contributed by atoms with E-state index in [-0.39, 0.29) is 50.9 Å². The Kier molecular flexibility index (Phi) is 7.97. The highest BCUT2D eigenvalue weighted by molar-refractivity contribution is 5.95. The van der Waals surface area contributed by atoms with E-state index in [9.17, 15) is 14.7 Å². The maximum atomic E-state index is 14.5. The van der Waals surface area contributed by atoms with Crippen molar-refractivity contribution in [3.8, 4) is 0 Å². The normalized spacial score (nSPS) is 46.9. The number of carbonyl (C=O) groups is 2. The SMILES string of the molecule is CC1(C)[C@@H](O)CC[C@]2(C)[C@H]3C(=O)C=C4[C@@H]5C[C@@](C)(C(=O)NCCCCCCN)CC[C@]5(C)CC[C@@]4(C)[C@]3(C)CC[C@@H]12. The van der Waals surface area contributed by atoms with Crippen molar-refractivity contribution in [1.29, 1.82) is 0 Å². The molecule has 9 atom stereocenters. The Labute approximate surface area is 250 Å². The summed E-state index contributed by atoms with van der Waals surface area (Å²) in [7, 11) is 0. The van der Waals surface area contributed by atoms with Gasteiger partial charge in [-0.15, -0.1) is 0 Å². The molecule has 0 aromatic rings. The Balaban J connectivity index is 1.43. The molecule has 0 aliphatic heterocycles. The summed E-state index contributed by atoms with van der Waals surface area (Å²) in [5, 5.41) is 14.3. The van der Waals surface area contributed by atoms with Crippen molar-refractivity contribution in [2.75, 3.05) is 13.1 Å². The van der Waals surface area contributed by atoms with Crippen molar-refractivity contribution >= 4 is 11.7 Å². The lowest BCUT2D eigenvalue weighted by atomic mass is 9.33. The van der Waals surface area contributed by atoms with Gasteiger partial charge in [0.05, 0.1) is 6.10 Å². The molecular weight excluding hydrogens is 508 g/mol. The zero-order valence-electron chi connectivity index (χ0n) is 27.3. The lowest BCUT2D eigenvalue weighted by Crippen LogP contribution is -2.66. The van der Waals surface area contributed by atoms with Crippen molar-refractivity contribution in [3.63, 3.8) is 0 Å². The Bertz CT molecular complexity index is 1080. The number of rotatable bonds is 7. The van der Waals surface area contributed by atoms with Crippen molar-refractivity contribution in [2.45, 2.75) is 138 Å². The van der Waals surface area contributed by atoms with Crippen molar-refractivity contribution < 1.29 is 14.7 Å². The van der Waals surface area contributed by atoms with Crippen molar-refractivity contribution in [2.24, 2.45) is 56.0 Å². The second-order valence-electron chi connectivity index (χ2n) is 17.1. The number of allylic oxidation sites excluding steroid dienone is 2. The molecule has 4 N–H and O–H groups in total. The second-order valence-corrected chi connectivity index (χ2v) is 17.1. The van der Waals surface area contributed by atoms with Crippen LogP contribution < -0.4 is 11.1 Å². The first-order valence-corrected chi connectivity index (χ1v) is 17.0. The van der Waals surface area contributed by atoms with E-state index in [0.29, 0.717) is 11.7 Å². The maximum Gasteiger partial charge on any atom is 0.225 e. The zero-order chi connectivity index (χ0) is 30.1. The maximum absolute atomic E-state index is 14.5. The summed E-state index contributed by atoms with van der Waals surface area (Å²) in [6, 6.07) is 0. The van der Waals surface area contributed by atoms with Gasteiger partial charge in [-0.25, -0.2) is 0 Å². The number of aliphatic hydroxyl groups excluding tert-OH is 1. The van der Waals surface area contributed by atoms with Crippen molar-refractivity contribution in [3.05, 3.63) is 11.6 Å².